The van der Waals surface area contributed by atoms with Crippen molar-refractivity contribution in [1.82, 2.24) is 9.55 Å². The van der Waals surface area contributed by atoms with Crippen molar-refractivity contribution in [2.75, 3.05) is 6.61 Å². The van der Waals surface area contributed by atoms with Crippen LogP contribution in [-0.2, 0) is 13.6 Å². The molecule has 146 valence electrons. The smallest absolute Gasteiger partial charge is 0.352 e. The third-order valence-electron chi connectivity index (χ3n) is 2.96. The molecule has 2 heterocycles. The number of rotatable bonds is 6. The van der Waals surface area contributed by atoms with Gasteiger partial charge in [-0.2, -0.15) is 28.9 Å². The maximum Gasteiger partial charge on any atom is 0.620 e. The van der Waals surface area contributed by atoms with Gasteiger partial charge in [-0.15, -0.1) is 4.52 Å². The first-order valence-electron chi connectivity index (χ1n) is 6.99. The molecule has 16 heteroatoms. The molecule has 0 bridgehead atoms. The third kappa shape index (κ3) is 7.08. The molecule has 1 aromatic rings. The maximum absolute atomic E-state index is 13.2. The lowest BCUT2D eigenvalue weighted by atomic mass is 10.2. The Hall–Kier alpha value is -0.785. The summed E-state index contributed by atoms with van der Waals surface area (Å²) in [6.07, 6.45) is -0.475. The van der Waals surface area contributed by atoms with Gasteiger partial charge in [0.05, 0.1) is 24.5 Å². The molecule has 2 unspecified atom stereocenters. The molecule has 1 saturated heterocycles. The zero-order chi connectivity index (χ0) is 20.1. The van der Waals surface area contributed by atoms with E-state index in [2.05, 4.69) is 16.7 Å². The Labute approximate surface area is 148 Å². The zero-order valence-electron chi connectivity index (χ0n) is 13.4. The lowest BCUT2D eigenvalue weighted by Gasteiger charge is -2.15. The highest BCUT2D eigenvalue weighted by Gasteiger charge is 2.58. The van der Waals surface area contributed by atoms with Crippen LogP contribution in [0.15, 0.2) is 15.8 Å². The number of halogens is 1. The van der Waals surface area contributed by atoms with Crippen molar-refractivity contribution in [3.63, 3.8) is 0 Å². The Kier molecular flexibility index (Phi) is 8.43. The molecular weight excluding hydrogens is 400 g/mol. The van der Waals surface area contributed by atoms with E-state index >= 15 is 0 Å². The number of aromatic nitrogens is 2. The number of H-pyrrole nitrogens is 1. The van der Waals surface area contributed by atoms with E-state index in [0.717, 1.165) is 4.57 Å². The standard InChI is InChI=1S/C9H14FN2O10P2.CH3B/c10-6-3-12(9(14)11-8(6)13)7-2-1-5(21-7)4-20-24(18,19)22-23(15,16)17;1-2/h3,5,7,15-19H,1-2,4H2;1H3/q+1;/p+1. The molecule has 1 aromatic heterocycles. The molecule has 2 atom stereocenters. The van der Waals surface area contributed by atoms with Gasteiger partial charge in [0.1, 0.15) is 12.8 Å². The molecule has 26 heavy (non-hydrogen) atoms. The first-order valence-corrected chi connectivity index (χ1v) is 10.1. The van der Waals surface area contributed by atoms with Crippen molar-refractivity contribution in [2.24, 2.45) is 0 Å². The fourth-order valence-corrected chi connectivity index (χ4v) is 3.73. The molecular formula is C10H18BFN2O10P2+2. The van der Waals surface area contributed by atoms with Gasteiger partial charge < -0.3 is 4.74 Å². The molecule has 0 aromatic carbocycles. The van der Waals surface area contributed by atoms with Gasteiger partial charge in [0.25, 0.3) is 5.56 Å². The van der Waals surface area contributed by atoms with Crippen molar-refractivity contribution in [1.29, 1.82) is 0 Å². The molecule has 12 nitrogen and oxygen atoms in total. The molecule has 2 radical (unpaired) electrons. The van der Waals surface area contributed by atoms with Gasteiger partial charge in [-0.05, 0) is 12.8 Å². The summed E-state index contributed by atoms with van der Waals surface area (Å²) in [6, 6.07) is 0. The van der Waals surface area contributed by atoms with E-state index in [1.165, 1.54) is 6.82 Å². The van der Waals surface area contributed by atoms with Gasteiger partial charge in [-0.25, -0.2) is 4.79 Å². The topological polar surface area (TPSA) is 184 Å². The van der Waals surface area contributed by atoms with E-state index in [0.29, 0.717) is 6.20 Å². The second kappa shape index (κ2) is 9.42. The van der Waals surface area contributed by atoms with Crippen LogP contribution in [0.2, 0.25) is 6.82 Å². The van der Waals surface area contributed by atoms with Crippen molar-refractivity contribution in [3.8, 4) is 0 Å². The molecule has 0 amide bonds. The van der Waals surface area contributed by atoms with Gasteiger partial charge in [0.2, 0.25) is 5.82 Å². The normalized spacial score (nSPS) is 20.6. The molecule has 1 aliphatic heterocycles. The van der Waals surface area contributed by atoms with E-state index in [1.807, 2.05) is 0 Å². The van der Waals surface area contributed by atoms with E-state index in [4.69, 9.17) is 19.4 Å². The number of nitrogens with zero attached hydrogens (tertiary/aromatic N) is 1. The van der Waals surface area contributed by atoms with Crippen molar-refractivity contribution >= 4 is 24.2 Å². The SMILES string of the molecule is O=c1[nH]c(=O)n(C2CCC(CO[P+](O)(O)O[P+](O)(O)O)O2)cc1F.[B]C. The largest absolute Gasteiger partial charge is 0.620 e. The van der Waals surface area contributed by atoms with Gasteiger partial charge >= 0.3 is 22.0 Å². The summed E-state index contributed by atoms with van der Waals surface area (Å²) in [5.41, 5.74) is -2.04. The van der Waals surface area contributed by atoms with Crippen molar-refractivity contribution in [2.45, 2.75) is 32.0 Å². The lowest BCUT2D eigenvalue weighted by Crippen LogP contribution is -2.34. The molecule has 0 saturated carbocycles. The molecule has 0 aliphatic carbocycles. The van der Waals surface area contributed by atoms with Crippen LogP contribution in [0.25, 0.3) is 0 Å². The minimum absolute atomic E-state index is 0.236. The van der Waals surface area contributed by atoms with E-state index in [9.17, 15) is 23.8 Å². The van der Waals surface area contributed by atoms with Crippen molar-refractivity contribution < 1.29 is 42.4 Å². The number of hydrogen-bond donors (Lipinski definition) is 6. The average molecular weight is 418 g/mol. The summed E-state index contributed by atoms with van der Waals surface area (Å²) in [7, 11) is -5.10. The quantitative estimate of drug-likeness (QED) is 0.245. The highest BCUT2D eigenvalue weighted by molar-refractivity contribution is 7.67. The zero-order valence-corrected chi connectivity index (χ0v) is 15.2. The van der Waals surface area contributed by atoms with Crippen LogP contribution >= 0.6 is 16.3 Å². The predicted molar refractivity (Wildman–Crippen MR) is 88.0 cm³/mol. The second-order valence-electron chi connectivity index (χ2n) is 4.81. The molecule has 1 fully saturated rings. The third-order valence-corrected chi connectivity index (χ3v) is 5.18. The van der Waals surface area contributed by atoms with Gasteiger partial charge in [-0.3, -0.25) is 14.3 Å². The van der Waals surface area contributed by atoms with E-state index < -0.39 is 52.3 Å². The monoisotopic (exact) mass is 418 g/mol. The fraction of sp³-hybridized carbons (Fsp3) is 0.600. The highest BCUT2D eigenvalue weighted by Crippen LogP contribution is 2.67. The summed E-state index contributed by atoms with van der Waals surface area (Å²) in [5, 5.41) is 0. The number of ether oxygens (including phenoxy) is 1. The van der Waals surface area contributed by atoms with Crippen molar-refractivity contribution in [3.05, 3.63) is 32.9 Å². The highest BCUT2D eigenvalue weighted by atomic mass is 31.3. The fourth-order valence-electron chi connectivity index (χ4n) is 2.04. The van der Waals surface area contributed by atoms with E-state index in [1.54, 1.807) is 4.98 Å². The second-order valence-corrected chi connectivity index (χ2v) is 7.73. The first kappa shape index (κ1) is 23.3. The van der Waals surface area contributed by atoms with Crippen LogP contribution in [-0.4, -0.2) is 54.6 Å². The van der Waals surface area contributed by atoms with Crippen LogP contribution in [0.1, 0.15) is 19.1 Å². The number of nitrogens with one attached hydrogen (secondary N) is 1. The Morgan fingerprint density at radius 2 is 1.92 bits per heavy atom. The Morgan fingerprint density at radius 3 is 2.50 bits per heavy atom. The number of hydrogen-bond acceptors (Lipinski definition) is 10. The first-order chi connectivity index (χ1) is 12.0. The molecule has 6 N–H and O–H groups in total. The Bertz CT molecular complexity index is 708. The predicted octanol–water partition coefficient (Wildman–Crippen LogP) is -1.09. The summed E-state index contributed by atoms with van der Waals surface area (Å²) >= 11 is 0. The van der Waals surface area contributed by atoms with Crippen LogP contribution in [0, 0.1) is 5.82 Å². The maximum atomic E-state index is 13.2. The van der Waals surface area contributed by atoms with Crippen LogP contribution in [0.5, 0.6) is 0 Å². The minimum atomic E-state index is -4.91. The molecule has 2 rings (SSSR count). The average Bonchev–Trinajstić information content (AvgIpc) is 2.97. The van der Waals surface area contributed by atoms with Gasteiger partial charge in [-0.1, -0.05) is 6.82 Å². The summed E-state index contributed by atoms with van der Waals surface area (Å²) in [4.78, 5) is 68.7. The summed E-state index contributed by atoms with van der Waals surface area (Å²) < 4.78 is 27.8. The van der Waals surface area contributed by atoms with E-state index in [-0.39, 0.29) is 12.8 Å². The van der Waals surface area contributed by atoms with Gasteiger partial charge in [0.15, 0.2) is 0 Å². The molecule has 0 spiro atoms. The summed E-state index contributed by atoms with van der Waals surface area (Å²) in [5.74, 6) is -1.17. The number of aromatic amines is 1. The van der Waals surface area contributed by atoms with Gasteiger partial charge in [0, 0.05) is 0 Å². The molecule has 1 aliphatic rings. The van der Waals surface area contributed by atoms with Crippen LogP contribution in [0.4, 0.5) is 4.39 Å². The Morgan fingerprint density at radius 1 is 1.31 bits per heavy atom. The lowest BCUT2D eigenvalue weighted by molar-refractivity contribution is -0.0278. The van der Waals surface area contributed by atoms with Crippen LogP contribution < -0.4 is 11.2 Å². The summed E-state index contributed by atoms with van der Waals surface area (Å²) in [6.45, 7) is 1.03. The Balaban J connectivity index is 0.00000163. The minimum Gasteiger partial charge on any atom is -0.352 e. The van der Waals surface area contributed by atoms with Crippen LogP contribution in [0.3, 0.4) is 0 Å².